The number of carbonyl (C=O) groups is 2. The molecule has 2 rings (SSSR count). The molecule has 0 aliphatic rings. The molecule has 4 nitrogen and oxygen atoms in total. The Balaban J connectivity index is 1.99. The fourth-order valence-corrected chi connectivity index (χ4v) is 2.40. The van der Waals surface area contributed by atoms with Gasteiger partial charge in [-0.3, -0.25) is 9.59 Å². The van der Waals surface area contributed by atoms with E-state index in [0.717, 1.165) is 17.7 Å². The van der Waals surface area contributed by atoms with Crippen molar-refractivity contribution >= 4 is 17.4 Å². The average molecular weight is 325 g/mol. The quantitative estimate of drug-likeness (QED) is 0.767. The van der Waals surface area contributed by atoms with E-state index in [0.29, 0.717) is 17.2 Å². The largest absolute Gasteiger partial charge is 0.484 e. The second-order valence-corrected chi connectivity index (χ2v) is 5.82. The Kier molecular flexibility index (Phi) is 6.13. The van der Waals surface area contributed by atoms with Gasteiger partial charge in [0.15, 0.2) is 12.4 Å². The molecule has 126 valence electrons. The fraction of sp³-hybridized carbons (Fsp3) is 0.300. The number of benzene rings is 2. The molecule has 0 spiro atoms. The summed E-state index contributed by atoms with van der Waals surface area (Å²) in [6.07, 6.45) is 1.00. The molecule has 0 heterocycles. The topological polar surface area (TPSA) is 55.4 Å². The van der Waals surface area contributed by atoms with E-state index in [1.807, 2.05) is 24.3 Å². The van der Waals surface area contributed by atoms with Gasteiger partial charge in [-0.25, -0.2) is 0 Å². The van der Waals surface area contributed by atoms with Crippen LogP contribution in [0.5, 0.6) is 5.75 Å². The first-order chi connectivity index (χ1) is 11.5. The molecule has 1 atom stereocenters. The number of hydrogen-bond acceptors (Lipinski definition) is 3. The lowest BCUT2D eigenvalue weighted by Crippen LogP contribution is -2.21. The normalized spacial score (nSPS) is 11.6. The Bertz CT molecular complexity index is 724. The van der Waals surface area contributed by atoms with Gasteiger partial charge in [0.2, 0.25) is 0 Å². The van der Waals surface area contributed by atoms with Gasteiger partial charge in [0.1, 0.15) is 5.75 Å². The smallest absolute Gasteiger partial charge is 0.262 e. The van der Waals surface area contributed by atoms with Gasteiger partial charge in [-0.05, 0) is 43.0 Å². The van der Waals surface area contributed by atoms with Crippen LogP contribution in [0.1, 0.15) is 49.0 Å². The minimum Gasteiger partial charge on any atom is -0.484 e. The molecule has 0 saturated carbocycles. The molecule has 1 N–H and O–H groups in total. The number of ketones is 1. The summed E-state index contributed by atoms with van der Waals surface area (Å²) in [7, 11) is 0. The van der Waals surface area contributed by atoms with Gasteiger partial charge in [-0.1, -0.05) is 44.2 Å². The minimum atomic E-state index is -0.223. The van der Waals surface area contributed by atoms with E-state index >= 15 is 0 Å². The Morgan fingerprint density at radius 2 is 1.88 bits per heavy atom. The van der Waals surface area contributed by atoms with E-state index < -0.39 is 0 Å². The van der Waals surface area contributed by atoms with Crippen LogP contribution in [0.15, 0.2) is 48.5 Å². The Labute approximate surface area is 142 Å². The molecule has 2 aromatic rings. The molecule has 1 amide bonds. The summed E-state index contributed by atoms with van der Waals surface area (Å²) in [4.78, 5) is 23.5. The summed E-state index contributed by atoms with van der Waals surface area (Å²) in [5.74, 6) is 0.620. The summed E-state index contributed by atoms with van der Waals surface area (Å²) in [6.45, 7) is 5.65. The van der Waals surface area contributed by atoms with Crippen molar-refractivity contribution < 1.29 is 14.3 Å². The van der Waals surface area contributed by atoms with E-state index in [4.69, 9.17) is 4.74 Å². The molecule has 2 aromatic carbocycles. The standard InChI is InChI=1S/C20H23NO3/c1-4-14(2)18-10-5-6-11-19(18)21-20(23)13-24-17-9-7-8-16(12-17)15(3)22/h5-12,14H,4,13H2,1-3H3,(H,21,23)/t14-/m1/s1. The second kappa shape index (κ2) is 8.29. The number of anilines is 1. The zero-order valence-electron chi connectivity index (χ0n) is 14.3. The predicted octanol–water partition coefficient (Wildman–Crippen LogP) is 4.42. The van der Waals surface area contributed by atoms with Gasteiger partial charge < -0.3 is 10.1 Å². The number of nitrogens with one attached hydrogen (secondary N) is 1. The van der Waals surface area contributed by atoms with Crippen LogP contribution in [-0.4, -0.2) is 18.3 Å². The zero-order valence-corrected chi connectivity index (χ0v) is 14.3. The molecule has 0 radical (unpaired) electrons. The number of para-hydroxylation sites is 1. The summed E-state index contributed by atoms with van der Waals surface area (Å²) in [5.41, 5.74) is 2.50. The van der Waals surface area contributed by atoms with Crippen LogP contribution in [-0.2, 0) is 4.79 Å². The number of rotatable bonds is 7. The van der Waals surface area contributed by atoms with Gasteiger partial charge in [-0.15, -0.1) is 0 Å². The fourth-order valence-electron chi connectivity index (χ4n) is 2.40. The van der Waals surface area contributed by atoms with Crippen LogP contribution < -0.4 is 10.1 Å². The lowest BCUT2D eigenvalue weighted by molar-refractivity contribution is -0.118. The highest BCUT2D eigenvalue weighted by Gasteiger charge is 2.11. The van der Waals surface area contributed by atoms with Crippen LogP contribution >= 0.6 is 0 Å². The van der Waals surface area contributed by atoms with E-state index in [9.17, 15) is 9.59 Å². The van der Waals surface area contributed by atoms with E-state index in [1.165, 1.54) is 6.92 Å². The lowest BCUT2D eigenvalue weighted by Gasteiger charge is -2.15. The average Bonchev–Trinajstić information content (AvgIpc) is 2.60. The third kappa shape index (κ3) is 4.69. The van der Waals surface area contributed by atoms with Crippen molar-refractivity contribution in [3.05, 3.63) is 59.7 Å². The molecular formula is C20H23NO3. The predicted molar refractivity (Wildman–Crippen MR) is 95.7 cm³/mol. The van der Waals surface area contributed by atoms with Crippen molar-refractivity contribution in [2.75, 3.05) is 11.9 Å². The molecule has 4 heteroatoms. The summed E-state index contributed by atoms with van der Waals surface area (Å²) < 4.78 is 5.49. The van der Waals surface area contributed by atoms with E-state index in [-0.39, 0.29) is 18.3 Å². The van der Waals surface area contributed by atoms with E-state index in [2.05, 4.69) is 19.2 Å². The van der Waals surface area contributed by atoms with Crippen LogP contribution in [0.25, 0.3) is 0 Å². The first-order valence-corrected chi connectivity index (χ1v) is 8.13. The lowest BCUT2D eigenvalue weighted by atomic mass is 9.97. The molecule has 24 heavy (non-hydrogen) atoms. The van der Waals surface area contributed by atoms with Crippen molar-refractivity contribution in [3.63, 3.8) is 0 Å². The van der Waals surface area contributed by atoms with E-state index in [1.54, 1.807) is 24.3 Å². The number of amides is 1. The highest BCUT2D eigenvalue weighted by atomic mass is 16.5. The highest BCUT2D eigenvalue weighted by Crippen LogP contribution is 2.26. The Hall–Kier alpha value is -2.62. The Morgan fingerprint density at radius 1 is 1.12 bits per heavy atom. The van der Waals surface area contributed by atoms with Crippen molar-refractivity contribution in [3.8, 4) is 5.75 Å². The third-order valence-electron chi connectivity index (χ3n) is 3.99. The minimum absolute atomic E-state index is 0.0348. The molecule has 0 aliphatic heterocycles. The van der Waals surface area contributed by atoms with Gasteiger partial charge in [0, 0.05) is 11.3 Å². The van der Waals surface area contributed by atoms with Gasteiger partial charge in [-0.2, -0.15) is 0 Å². The number of ether oxygens (including phenoxy) is 1. The molecule has 0 saturated heterocycles. The van der Waals surface area contributed by atoms with Crippen LogP contribution in [0.2, 0.25) is 0 Å². The van der Waals surface area contributed by atoms with Crippen molar-refractivity contribution in [2.24, 2.45) is 0 Å². The maximum absolute atomic E-state index is 12.2. The van der Waals surface area contributed by atoms with Gasteiger partial charge in [0.25, 0.3) is 5.91 Å². The number of hydrogen-bond donors (Lipinski definition) is 1. The number of Topliss-reactive ketones (excluding diaryl/α,β-unsaturated/α-hetero) is 1. The highest BCUT2D eigenvalue weighted by molar-refractivity contribution is 5.94. The maximum Gasteiger partial charge on any atom is 0.262 e. The van der Waals surface area contributed by atoms with Crippen molar-refractivity contribution in [2.45, 2.75) is 33.1 Å². The molecule has 0 unspecified atom stereocenters. The summed E-state index contributed by atoms with van der Waals surface area (Å²) in [5, 5.41) is 2.90. The first kappa shape index (κ1) is 17.7. The summed E-state index contributed by atoms with van der Waals surface area (Å²) >= 11 is 0. The molecular weight excluding hydrogens is 302 g/mol. The van der Waals surface area contributed by atoms with Gasteiger partial charge in [0.05, 0.1) is 0 Å². The first-order valence-electron chi connectivity index (χ1n) is 8.13. The zero-order chi connectivity index (χ0) is 17.5. The second-order valence-electron chi connectivity index (χ2n) is 5.82. The Morgan fingerprint density at radius 3 is 2.58 bits per heavy atom. The molecule has 0 aromatic heterocycles. The third-order valence-corrected chi connectivity index (χ3v) is 3.99. The number of carbonyl (C=O) groups excluding carboxylic acids is 2. The SMILES string of the molecule is CC[C@@H](C)c1ccccc1NC(=O)COc1cccc(C(C)=O)c1. The molecule has 0 fully saturated rings. The van der Waals surface area contributed by atoms with Crippen molar-refractivity contribution in [1.82, 2.24) is 0 Å². The van der Waals surface area contributed by atoms with Gasteiger partial charge >= 0.3 is 0 Å². The van der Waals surface area contributed by atoms with Crippen LogP contribution in [0, 0.1) is 0 Å². The molecule has 0 aliphatic carbocycles. The maximum atomic E-state index is 12.2. The van der Waals surface area contributed by atoms with Crippen LogP contribution in [0.4, 0.5) is 5.69 Å². The summed E-state index contributed by atoms with van der Waals surface area (Å²) in [6, 6.07) is 14.6. The van der Waals surface area contributed by atoms with Crippen molar-refractivity contribution in [1.29, 1.82) is 0 Å². The molecule has 0 bridgehead atoms. The van der Waals surface area contributed by atoms with Crippen LogP contribution in [0.3, 0.4) is 0 Å². The monoisotopic (exact) mass is 325 g/mol.